The summed E-state index contributed by atoms with van der Waals surface area (Å²) in [5, 5.41) is 0. The molecule has 1 N–H and O–H groups in total. The van der Waals surface area contributed by atoms with Crippen molar-refractivity contribution in [3.05, 3.63) is 29.8 Å². The lowest BCUT2D eigenvalue weighted by Gasteiger charge is -2.40. The predicted octanol–water partition coefficient (Wildman–Crippen LogP) is 2.50. The Labute approximate surface area is 140 Å². The number of hydrogen-bond donors (Lipinski definition) is 1. The van der Waals surface area contributed by atoms with Crippen molar-refractivity contribution in [1.82, 2.24) is 0 Å². The van der Waals surface area contributed by atoms with Gasteiger partial charge in [-0.1, -0.05) is 6.07 Å². The molecule has 24 heavy (non-hydrogen) atoms. The molecule has 0 spiro atoms. The maximum Gasteiger partial charge on any atom is 0.416 e. The van der Waals surface area contributed by atoms with Crippen molar-refractivity contribution < 1.29 is 35.1 Å². The summed E-state index contributed by atoms with van der Waals surface area (Å²) in [6, 6.07) is 3.50. The van der Waals surface area contributed by atoms with Crippen LogP contribution >= 0.6 is 0 Å². The molecule has 10 heteroatoms. The Bertz CT molecular complexity index is 732. The number of halogens is 3. The molecule has 136 valence electrons. The molecule has 1 aliphatic rings. The smallest absolute Gasteiger partial charge is 0.380 e. The van der Waals surface area contributed by atoms with Crippen LogP contribution in [0.2, 0.25) is 0 Å². The average Bonchev–Trinajstić information content (AvgIpc) is 2.48. The summed E-state index contributed by atoms with van der Waals surface area (Å²) in [5.41, 5.74) is -1.06. The summed E-state index contributed by atoms with van der Waals surface area (Å²) in [7, 11) is -4.21. The van der Waals surface area contributed by atoms with Gasteiger partial charge in [-0.15, -0.1) is 0 Å². The van der Waals surface area contributed by atoms with Crippen molar-refractivity contribution in [2.45, 2.75) is 29.2 Å². The van der Waals surface area contributed by atoms with Crippen molar-refractivity contribution >= 4 is 20.9 Å². The molecule has 0 amide bonds. The highest BCUT2D eigenvalue weighted by molar-refractivity contribution is 7.93. The monoisotopic (exact) mass is 386 g/mol. The maximum absolute atomic E-state index is 13.0. The largest absolute Gasteiger partial charge is 0.416 e. The standard InChI is InChI=1S/C14H17F3O5S2/c1-13(9-22-6-5-11(13)8-23(18)19)24(20,21)12-4-2-3-10(7-12)14(15,16)17/h2-4,7,11H,5-6,8-9H2,1H3,(H,18,19). The van der Waals surface area contributed by atoms with Crippen LogP contribution in [0.5, 0.6) is 0 Å². The maximum atomic E-state index is 13.0. The van der Waals surface area contributed by atoms with Crippen LogP contribution in [-0.2, 0) is 31.8 Å². The summed E-state index contributed by atoms with van der Waals surface area (Å²) in [5.74, 6) is -0.977. The van der Waals surface area contributed by atoms with Crippen LogP contribution in [0.3, 0.4) is 0 Å². The Morgan fingerprint density at radius 1 is 1.42 bits per heavy atom. The van der Waals surface area contributed by atoms with Crippen LogP contribution in [0, 0.1) is 5.92 Å². The van der Waals surface area contributed by atoms with Crippen molar-refractivity contribution in [2.24, 2.45) is 5.92 Å². The van der Waals surface area contributed by atoms with Crippen LogP contribution < -0.4 is 0 Å². The van der Waals surface area contributed by atoms with E-state index in [0.717, 1.165) is 18.2 Å². The van der Waals surface area contributed by atoms with Gasteiger partial charge in [0.05, 0.1) is 22.8 Å². The molecule has 2 rings (SSSR count). The number of rotatable bonds is 4. The molecular formula is C14H17F3O5S2. The van der Waals surface area contributed by atoms with E-state index < -0.39 is 48.2 Å². The lowest BCUT2D eigenvalue weighted by Crippen LogP contribution is -2.52. The fourth-order valence-corrected chi connectivity index (χ4v) is 5.70. The molecule has 0 saturated carbocycles. The summed E-state index contributed by atoms with van der Waals surface area (Å²) in [4.78, 5) is -0.473. The Morgan fingerprint density at radius 3 is 2.67 bits per heavy atom. The Kier molecular flexibility index (Phi) is 5.43. The second-order valence-corrected chi connectivity index (χ2v) is 9.26. The topological polar surface area (TPSA) is 80.7 Å². The second kappa shape index (κ2) is 6.74. The molecule has 1 fully saturated rings. The first-order valence-corrected chi connectivity index (χ1v) is 9.81. The van der Waals surface area contributed by atoms with Crippen molar-refractivity contribution in [1.29, 1.82) is 0 Å². The van der Waals surface area contributed by atoms with E-state index in [0.29, 0.717) is 6.07 Å². The van der Waals surface area contributed by atoms with Crippen molar-refractivity contribution in [3.63, 3.8) is 0 Å². The van der Waals surface area contributed by atoms with Gasteiger partial charge in [0, 0.05) is 6.61 Å². The fraction of sp³-hybridized carbons (Fsp3) is 0.571. The van der Waals surface area contributed by atoms with Crippen molar-refractivity contribution in [3.8, 4) is 0 Å². The van der Waals surface area contributed by atoms with Gasteiger partial charge >= 0.3 is 6.18 Å². The van der Waals surface area contributed by atoms with Gasteiger partial charge in [-0.2, -0.15) is 13.2 Å². The Balaban J connectivity index is 2.49. The zero-order chi connectivity index (χ0) is 18.2. The zero-order valence-electron chi connectivity index (χ0n) is 12.7. The van der Waals surface area contributed by atoms with Crippen LogP contribution in [0.4, 0.5) is 13.2 Å². The van der Waals surface area contributed by atoms with Gasteiger partial charge in [-0.3, -0.25) is 0 Å². The number of hydrogen-bond acceptors (Lipinski definition) is 4. The molecule has 1 heterocycles. The third-order valence-corrected chi connectivity index (χ3v) is 7.53. The first-order chi connectivity index (χ1) is 11.0. The normalized spacial score (nSPS) is 27.0. The van der Waals surface area contributed by atoms with E-state index in [1.165, 1.54) is 6.92 Å². The van der Waals surface area contributed by atoms with Gasteiger partial charge in [0.1, 0.15) is 4.75 Å². The van der Waals surface area contributed by atoms with Crippen LogP contribution in [0.15, 0.2) is 29.2 Å². The first kappa shape index (κ1) is 19.4. The molecule has 1 aliphatic heterocycles. The third-order valence-electron chi connectivity index (χ3n) is 4.29. The molecule has 0 aromatic heterocycles. The summed E-state index contributed by atoms with van der Waals surface area (Å²) in [6.07, 6.45) is -4.43. The van der Waals surface area contributed by atoms with Crippen LogP contribution in [0.1, 0.15) is 18.9 Å². The number of ether oxygens (including phenoxy) is 1. The summed E-state index contributed by atoms with van der Waals surface area (Å²) < 4.78 is 88.3. The lowest BCUT2D eigenvalue weighted by molar-refractivity contribution is -0.137. The van der Waals surface area contributed by atoms with E-state index >= 15 is 0 Å². The second-order valence-electron chi connectivity index (χ2n) is 5.87. The van der Waals surface area contributed by atoms with E-state index in [1.54, 1.807) is 0 Å². The van der Waals surface area contributed by atoms with E-state index in [4.69, 9.17) is 9.29 Å². The highest BCUT2D eigenvalue weighted by Crippen LogP contribution is 2.39. The van der Waals surface area contributed by atoms with E-state index in [9.17, 15) is 25.8 Å². The molecule has 3 atom stereocenters. The van der Waals surface area contributed by atoms with Gasteiger partial charge in [0.2, 0.25) is 0 Å². The fourth-order valence-electron chi connectivity index (χ4n) is 2.76. The summed E-state index contributed by atoms with van der Waals surface area (Å²) in [6.45, 7) is 1.34. The lowest BCUT2D eigenvalue weighted by atomic mass is 9.91. The highest BCUT2D eigenvalue weighted by atomic mass is 32.2. The van der Waals surface area contributed by atoms with Gasteiger partial charge in [0.25, 0.3) is 0 Å². The van der Waals surface area contributed by atoms with E-state index in [1.807, 2.05) is 0 Å². The molecule has 1 saturated heterocycles. The predicted molar refractivity (Wildman–Crippen MR) is 81.6 cm³/mol. The minimum atomic E-state index is -4.67. The molecule has 1 aromatic carbocycles. The minimum absolute atomic E-state index is 0.232. The average molecular weight is 386 g/mol. The first-order valence-electron chi connectivity index (χ1n) is 7.05. The molecule has 0 aliphatic carbocycles. The third kappa shape index (κ3) is 3.66. The molecule has 5 nitrogen and oxygen atoms in total. The SMILES string of the molecule is CC1(S(=O)(=O)c2cccc(C(F)(F)F)c2)COCCC1CS(=O)O. The van der Waals surface area contributed by atoms with E-state index in [-0.39, 0.29) is 25.4 Å². The summed E-state index contributed by atoms with van der Waals surface area (Å²) >= 11 is -2.22. The minimum Gasteiger partial charge on any atom is -0.380 e. The van der Waals surface area contributed by atoms with Gasteiger partial charge in [0.15, 0.2) is 20.9 Å². The van der Waals surface area contributed by atoms with Crippen LogP contribution in [-0.4, -0.2) is 40.9 Å². The molecular weight excluding hydrogens is 369 g/mol. The van der Waals surface area contributed by atoms with Gasteiger partial charge in [-0.25, -0.2) is 12.6 Å². The van der Waals surface area contributed by atoms with Gasteiger partial charge < -0.3 is 9.29 Å². The zero-order valence-corrected chi connectivity index (χ0v) is 14.4. The van der Waals surface area contributed by atoms with Gasteiger partial charge in [-0.05, 0) is 37.5 Å². The number of alkyl halides is 3. The molecule has 1 aromatic rings. The van der Waals surface area contributed by atoms with E-state index in [2.05, 4.69) is 0 Å². The molecule has 0 radical (unpaired) electrons. The highest BCUT2D eigenvalue weighted by Gasteiger charge is 2.49. The molecule has 3 unspecified atom stereocenters. The van der Waals surface area contributed by atoms with Crippen LogP contribution in [0.25, 0.3) is 0 Å². The Morgan fingerprint density at radius 2 is 2.08 bits per heavy atom. The number of sulfone groups is 1. The van der Waals surface area contributed by atoms with Crippen molar-refractivity contribution in [2.75, 3.05) is 19.0 Å². The Hall–Kier alpha value is -0.970. The molecule has 0 bridgehead atoms. The number of benzene rings is 1. The quantitative estimate of drug-likeness (QED) is 0.805.